The lowest BCUT2D eigenvalue weighted by Gasteiger charge is -2.21. The molecule has 1 saturated heterocycles. The molecule has 2 N–H and O–H groups in total. The third-order valence-corrected chi connectivity index (χ3v) is 4.20. The highest BCUT2D eigenvalue weighted by atomic mass is 32.1. The molecule has 0 unspecified atom stereocenters. The van der Waals surface area contributed by atoms with Crippen LogP contribution in [0.5, 0.6) is 0 Å². The Hall–Kier alpha value is -1.84. The minimum Gasteiger partial charge on any atom is -0.340 e. The third kappa shape index (κ3) is 4.31. The molecule has 0 aliphatic carbocycles. The quantitative estimate of drug-likeness (QED) is 0.830. The van der Waals surface area contributed by atoms with Crippen molar-refractivity contribution in [2.45, 2.75) is 19.4 Å². The average molecular weight is 305 g/mol. The van der Waals surface area contributed by atoms with Gasteiger partial charge in [-0.15, -0.1) is 11.3 Å². The van der Waals surface area contributed by atoms with Gasteiger partial charge in [0, 0.05) is 26.6 Å². The first-order valence-electron chi connectivity index (χ1n) is 6.88. The first-order valence-corrected chi connectivity index (χ1v) is 7.76. The first kappa shape index (κ1) is 15.5. The Morgan fingerprint density at radius 1 is 1.57 bits per heavy atom. The lowest BCUT2D eigenvalue weighted by molar-refractivity contribution is -0.137. The fourth-order valence-electron chi connectivity index (χ4n) is 2.18. The maximum absolute atomic E-state index is 12.1. The number of amides is 2. The summed E-state index contributed by atoms with van der Waals surface area (Å²) in [4.78, 5) is 27.9. The van der Waals surface area contributed by atoms with Gasteiger partial charge in [-0.3, -0.25) is 9.59 Å². The molecule has 0 bridgehead atoms. The van der Waals surface area contributed by atoms with E-state index in [-0.39, 0.29) is 18.4 Å². The molecular formula is C15H19N3O2S. The van der Waals surface area contributed by atoms with Gasteiger partial charge in [-0.2, -0.15) is 0 Å². The molecule has 6 heteroatoms. The number of thiophene rings is 1. The summed E-state index contributed by atoms with van der Waals surface area (Å²) in [5, 5.41) is 1.99. The molecule has 0 aromatic carbocycles. The first-order chi connectivity index (χ1) is 10.1. The van der Waals surface area contributed by atoms with E-state index in [0.29, 0.717) is 26.1 Å². The molecule has 0 radical (unpaired) electrons. The van der Waals surface area contributed by atoms with E-state index in [1.54, 1.807) is 28.2 Å². The summed E-state index contributed by atoms with van der Waals surface area (Å²) in [7, 11) is 1.76. The van der Waals surface area contributed by atoms with Crippen LogP contribution in [0.15, 0.2) is 11.4 Å². The van der Waals surface area contributed by atoms with Crippen molar-refractivity contribution in [2.75, 3.05) is 26.7 Å². The zero-order valence-corrected chi connectivity index (χ0v) is 12.9. The normalized spacial score (nSPS) is 14.0. The van der Waals surface area contributed by atoms with Gasteiger partial charge in [-0.25, -0.2) is 0 Å². The third-order valence-electron chi connectivity index (χ3n) is 3.31. The highest BCUT2D eigenvalue weighted by Gasteiger charge is 2.23. The highest BCUT2D eigenvalue weighted by Crippen LogP contribution is 2.15. The van der Waals surface area contributed by atoms with Gasteiger partial charge in [0.15, 0.2) is 0 Å². The van der Waals surface area contributed by atoms with E-state index in [9.17, 15) is 9.59 Å². The van der Waals surface area contributed by atoms with E-state index in [0.717, 1.165) is 16.9 Å². The smallest absolute Gasteiger partial charge is 0.242 e. The molecule has 5 nitrogen and oxygen atoms in total. The molecule has 1 fully saturated rings. The van der Waals surface area contributed by atoms with Gasteiger partial charge in [0.25, 0.3) is 0 Å². The zero-order valence-electron chi connectivity index (χ0n) is 12.1. The van der Waals surface area contributed by atoms with Crippen LogP contribution in [0, 0.1) is 11.8 Å². The van der Waals surface area contributed by atoms with Gasteiger partial charge < -0.3 is 15.5 Å². The molecule has 2 rings (SSSR count). The van der Waals surface area contributed by atoms with Crippen LogP contribution < -0.4 is 5.73 Å². The van der Waals surface area contributed by atoms with Gasteiger partial charge in [0.05, 0.1) is 18.0 Å². The molecule has 1 aliphatic rings. The summed E-state index contributed by atoms with van der Waals surface area (Å²) < 4.78 is 0. The Morgan fingerprint density at radius 3 is 3.05 bits per heavy atom. The molecule has 2 amide bonds. The van der Waals surface area contributed by atoms with Gasteiger partial charge in [-0.05, 0) is 23.4 Å². The van der Waals surface area contributed by atoms with Crippen LogP contribution in [0.25, 0.3) is 0 Å². The van der Waals surface area contributed by atoms with Gasteiger partial charge in [0.1, 0.15) is 0 Å². The van der Waals surface area contributed by atoms with Crippen molar-refractivity contribution in [3.05, 3.63) is 21.9 Å². The molecule has 2 heterocycles. The highest BCUT2D eigenvalue weighted by molar-refractivity contribution is 7.10. The second-order valence-corrected chi connectivity index (χ2v) is 5.90. The van der Waals surface area contributed by atoms with E-state index < -0.39 is 0 Å². The van der Waals surface area contributed by atoms with Crippen molar-refractivity contribution >= 4 is 23.2 Å². The molecule has 1 aliphatic heterocycles. The summed E-state index contributed by atoms with van der Waals surface area (Å²) in [5.41, 5.74) is 6.38. The minimum atomic E-state index is -0.0361. The number of nitrogens with two attached hydrogens (primary N) is 1. The van der Waals surface area contributed by atoms with Crippen molar-refractivity contribution in [3.8, 4) is 11.8 Å². The fourth-order valence-corrected chi connectivity index (χ4v) is 2.95. The van der Waals surface area contributed by atoms with E-state index in [4.69, 9.17) is 5.73 Å². The van der Waals surface area contributed by atoms with Crippen LogP contribution in [-0.4, -0.2) is 48.3 Å². The number of carbonyl (C=O) groups excluding carboxylic acids is 2. The molecule has 112 valence electrons. The van der Waals surface area contributed by atoms with Gasteiger partial charge in [0.2, 0.25) is 11.8 Å². The Bertz CT molecular complexity index is 585. The number of likely N-dealkylation sites (tertiary alicyclic amines) is 1. The van der Waals surface area contributed by atoms with E-state index in [2.05, 4.69) is 11.8 Å². The van der Waals surface area contributed by atoms with Crippen LogP contribution in [-0.2, 0) is 16.1 Å². The van der Waals surface area contributed by atoms with Gasteiger partial charge in [-0.1, -0.05) is 11.8 Å². The number of rotatable bonds is 4. The second kappa shape index (κ2) is 7.25. The lowest BCUT2D eigenvalue weighted by atomic mass is 10.3. The van der Waals surface area contributed by atoms with E-state index in [1.165, 1.54) is 0 Å². The van der Waals surface area contributed by atoms with Crippen molar-refractivity contribution in [3.63, 3.8) is 0 Å². The molecule has 21 heavy (non-hydrogen) atoms. The van der Waals surface area contributed by atoms with E-state index >= 15 is 0 Å². The molecule has 1 aromatic heterocycles. The predicted molar refractivity (Wildman–Crippen MR) is 82.5 cm³/mol. The lowest BCUT2D eigenvalue weighted by Crippen LogP contribution is -2.38. The molecule has 1 aromatic rings. The van der Waals surface area contributed by atoms with Crippen LogP contribution in [0.2, 0.25) is 0 Å². The topological polar surface area (TPSA) is 66.6 Å². The second-order valence-electron chi connectivity index (χ2n) is 4.99. The number of carbonyl (C=O) groups is 2. The Morgan fingerprint density at radius 2 is 2.38 bits per heavy atom. The van der Waals surface area contributed by atoms with Crippen molar-refractivity contribution in [2.24, 2.45) is 5.73 Å². The fraction of sp³-hybridized carbons (Fsp3) is 0.467. The number of hydrogen-bond acceptors (Lipinski definition) is 4. The molecular weight excluding hydrogens is 286 g/mol. The summed E-state index contributed by atoms with van der Waals surface area (Å²) >= 11 is 1.54. The zero-order chi connectivity index (χ0) is 15.2. The van der Waals surface area contributed by atoms with Crippen molar-refractivity contribution < 1.29 is 9.59 Å². The van der Waals surface area contributed by atoms with Crippen LogP contribution in [0.3, 0.4) is 0 Å². The summed E-state index contributed by atoms with van der Waals surface area (Å²) in [5.74, 6) is 5.83. The largest absolute Gasteiger partial charge is 0.340 e. The van der Waals surface area contributed by atoms with Crippen molar-refractivity contribution in [1.29, 1.82) is 0 Å². The Balaban J connectivity index is 1.88. The Labute approximate surface area is 128 Å². The monoisotopic (exact) mass is 305 g/mol. The Kier molecular flexibility index (Phi) is 5.37. The number of likely N-dealkylation sites (N-methyl/N-ethyl adjacent to an activating group) is 1. The van der Waals surface area contributed by atoms with Crippen LogP contribution in [0.1, 0.15) is 23.3 Å². The number of nitrogens with zero attached hydrogens (tertiary/aromatic N) is 2. The maximum Gasteiger partial charge on any atom is 0.242 e. The predicted octanol–water partition coefficient (Wildman–Crippen LogP) is 0.639. The van der Waals surface area contributed by atoms with Crippen molar-refractivity contribution in [1.82, 2.24) is 9.80 Å². The molecule has 0 spiro atoms. The molecule has 0 saturated carbocycles. The average Bonchev–Trinajstić information content (AvgIpc) is 3.06. The summed E-state index contributed by atoms with van der Waals surface area (Å²) in [6, 6.07) is 1.97. The van der Waals surface area contributed by atoms with E-state index in [1.807, 2.05) is 11.4 Å². The summed E-state index contributed by atoms with van der Waals surface area (Å²) in [6.45, 7) is 1.74. The molecule has 0 atom stereocenters. The van der Waals surface area contributed by atoms with Crippen LogP contribution in [0.4, 0.5) is 0 Å². The van der Waals surface area contributed by atoms with Crippen LogP contribution >= 0.6 is 11.3 Å². The minimum absolute atomic E-state index is 0.0361. The standard InChI is InChI=1S/C15H19N3O2S/c1-17(15(20)10-18-7-3-5-14(18)19)9-12-8-13(21-11-12)4-2-6-16/h8,11H,3,5-7,9-10,16H2,1H3. The SMILES string of the molecule is CN(Cc1csc(C#CCN)c1)C(=O)CN1CCCC1=O. The maximum atomic E-state index is 12.1. The number of hydrogen-bond donors (Lipinski definition) is 1. The van der Waals surface area contributed by atoms with Gasteiger partial charge >= 0.3 is 0 Å². The summed E-state index contributed by atoms with van der Waals surface area (Å²) in [6.07, 6.45) is 1.41.